The van der Waals surface area contributed by atoms with Gasteiger partial charge in [0, 0.05) is 23.4 Å². The van der Waals surface area contributed by atoms with Crippen molar-refractivity contribution in [2.24, 2.45) is 0 Å². The average Bonchev–Trinajstić information content (AvgIpc) is 3.13. The lowest BCUT2D eigenvalue weighted by Crippen LogP contribution is -2.15. The topological polar surface area (TPSA) is 86.5 Å². The first kappa shape index (κ1) is 12.9. The van der Waals surface area contributed by atoms with Crippen LogP contribution >= 0.6 is 0 Å². The van der Waals surface area contributed by atoms with E-state index in [4.69, 9.17) is 0 Å². The number of nitrogens with one attached hydrogen (secondary N) is 3. The van der Waals surface area contributed by atoms with Gasteiger partial charge in [-0.15, -0.1) is 0 Å². The number of aryl methyl sites for hydroxylation is 1. The van der Waals surface area contributed by atoms with Crippen LogP contribution in [0.2, 0.25) is 0 Å². The monoisotopic (exact) mass is 303 g/mol. The molecule has 8 heteroatoms. The van der Waals surface area contributed by atoms with Crippen LogP contribution in [-0.2, 0) is 12.8 Å². The Labute approximate surface area is 122 Å². The lowest BCUT2D eigenvalue weighted by molar-refractivity contribution is 0.102. The summed E-state index contributed by atoms with van der Waals surface area (Å²) < 4.78 is 26.3. The standard InChI is InChI=1S/C14H11F2N5O/c15-7-4-10-11(5-8(7)16)18-14(17-10)19-13(22)12-6-2-1-3-9(6)20-21-12/h4-5H,1-3H2,(H,20,21)(H2,17,18,19,22). The molecule has 0 saturated heterocycles. The molecule has 3 aromatic rings. The van der Waals surface area contributed by atoms with Crippen molar-refractivity contribution in [1.82, 2.24) is 20.2 Å². The van der Waals surface area contributed by atoms with E-state index in [0.717, 1.165) is 42.7 Å². The largest absolute Gasteiger partial charge is 0.324 e. The van der Waals surface area contributed by atoms with Crippen molar-refractivity contribution in [2.45, 2.75) is 19.3 Å². The first-order valence-corrected chi connectivity index (χ1v) is 6.84. The van der Waals surface area contributed by atoms with E-state index in [1.165, 1.54) is 0 Å². The van der Waals surface area contributed by atoms with Gasteiger partial charge < -0.3 is 4.98 Å². The number of aromatic amines is 2. The lowest BCUT2D eigenvalue weighted by atomic mass is 10.2. The maximum atomic E-state index is 13.2. The predicted molar refractivity (Wildman–Crippen MR) is 74.6 cm³/mol. The molecule has 1 amide bonds. The van der Waals surface area contributed by atoms with Crippen LogP contribution < -0.4 is 5.32 Å². The van der Waals surface area contributed by atoms with Gasteiger partial charge in [0.1, 0.15) is 0 Å². The second kappa shape index (κ2) is 4.62. The molecule has 112 valence electrons. The Kier molecular flexibility index (Phi) is 2.72. The summed E-state index contributed by atoms with van der Waals surface area (Å²) in [4.78, 5) is 19.0. The summed E-state index contributed by atoms with van der Waals surface area (Å²) in [6.45, 7) is 0. The van der Waals surface area contributed by atoms with Crippen LogP contribution in [0.3, 0.4) is 0 Å². The number of nitrogens with zero attached hydrogens (tertiary/aromatic N) is 2. The van der Waals surface area contributed by atoms with E-state index in [9.17, 15) is 13.6 Å². The zero-order valence-electron chi connectivity index (χ0n) is 11.3. The number of anilines is 1. The minimum absolute atomic E-state index is 0.125. The molecule has 6 nitrogen and oxygen atoms in total. The maximum Gasteiger partial charge on any atom is 0.278 e. The number of imidazole rings is 1. The van der Waals surface area contributed by atoms with Gasteiger partial charge in [0.05, 0.1) is 11.0 Å². The average molecular weight is 303 g/mol. The maximum absolute atomic E-state index is 13.2. The van der Waals surface area contributed by atoms with Crippen molar-refractivity contribution in [3.05, 3.63) is 40.7 Å². The number of amides is 1. The molecule has 1 aromatic carbocycles. The van der Waals surface area contributed by atoms with Crippen LogP contribution in [0.5, 0.6) is 0 Å². The summed E-state index contributed by atoms with van der Waals surface area (Å²) in [6.07, 6.45) is 2.69. The Morgan fingerprint density at radius 2 is 2.05 bits per heavy atom. The third-order valence-corrected chi connectivity index (χ3v) is 3.78. The zero-order chi connectivity index (χ0) is 15.3. The molecule has 2 aromatic heterocycles. The zero-order valence-corrected chi connectivity index (χ0v) is 11.3. The third-order valence-electron chi connectivity index (χ3n) is 3.78. The number of halogens is 2. The highest BCUT2D eigenvalue weighted by molar-refractivity contribution is 6.03. The summed E-state index contributed by atoms with van der Waals surface area (Å²) in [5.41, 5.74) is 2.79. The summed E-state index contributed by atoms with van der Waals surface area (Å²) >= 11 is 0. The highest BCUT2D eigenvalue weighted by atomic mass is 19.2. The van der Waals surface area contributed by atoms with Crippen LogP contribution in [0.1, 0.15) is 28.2 Å². The number of aromatic nitrogens is 4. The van der Waals surface area contributed by atoms with Crippen LogP contribution in [-0.4, -0.2) is 26.1 Å². The Morgan fingerprint density at radius 3 is 2.91 bits per heavy atom. The van der Waals surface area contributed by atoms with Gasteiger partial charge >= 0.3 is 0 Å². The van der Waals surface area contributed by atoms with Gasteiger partial charge in [0.2, 0.25) is 5.95 Å². The second-order valence-corrected chi connectivity index (χ2v) is 5.21. The summed E-state index contributed by atoms with van der Waals surface area (Å²) in [5.74, 6) is -2.24. The lowest BCUT2D eigenvalue weighted by Gasteiger charge is -1.99. The molecule has 0 spiro atoms. The van der Waals surface area contributed by atoms with E-state index in [2.05, 4.69) is 25.5 Å². The van der Waals surface area contributed by atoms with Gasteiger partial charge in [-0.3, -0.25) is 15.2 Å². The van der Waals surface area contributed by atoms with Gasteiger partial charge in [-0.2, -0.15) is 5.10 Å². The quantitative estimate of drug-likeness (QED) is 0.679. The van der Waals surface area contributed by atoms with Crippen molar-refractivity contribution >= 4 is 22.9 Å². The highest BCUT2D eigenvalue weighted by Crippen LogP contribution is 2.24. The van der Waals surface area contributed by atoms with E-state index < -0.39 is 17.5 Å². The molecule has 22 heavy (non-hydrogen) atoms. The summed E-state index contributed by atoms with van der Waals surface area (Å²) in [7, 11) is 0. The van der Waals surface area contributed by atoms with E-state index in [1.807, 2.05) is 0 Å². The fraction of sp³-hybridized carbons (Fsp3) is 0.214. The van der Waals surface area contributed by atoms with Gasteiger partial charge in [0.25, 0.3) is 5.91 Å². The number of fused-ring (bicyclic) bond motifs is 2. The number of carbonyl (C=O) groups excluding carboxylic acids is 1. The molecule has 2 heterocycles. The van der Waals surface area contributed by atoms with Crippen LogP contribution in [0.15, 0.2) is 12.1 Å². The Balaban J connectivity index is 1.64. The van der Waals surface area contributed by atoms with Crippen LogP contribution in [0.4, 0.5) is 14.7 Å². The number of rotatable bonds is 2. The van der Waals surface area contributed by atoms with Crippen molar-refractivity contribution < 1.29 is 13.6 Å². The van der Waals surface area contributed by atoms with E-state index in [0.29, 0.717) is 11.2 Å². The second-order valence-electron chi connectivity index (χ2n) is 5.21. The molecule has 0 radical (unpaired) electrons. The Morgan fingerprint density at radius 1 is 1.23 bits per heavy atom. The molecule has 0 fully saturated rings. The number of hydrogen-bond donors (Lipinski definition) is 3. The van der Waals surface area contributed by atoms with E-state index in [-0.39, 0.29) is 11.5 Å². The summed E-state index contributed by atoms with van der Waals surface area (Å²) in [6, 6.07) is 1.97. The van der Waals surface area contributed by atoms with E-state index in [1.54, 1.807) is 0 Å². The molecule has 0 atom stereocenters. The molecule has 4 rings (SSSR count). The van der Waals surface area contributed by atoms with Crippen LogP contribution in [0.25, 0.3) is 11.0 Å². The molecular formula is C14H11F2N5O. The molecule has 3 N–H and O–H groups in total. The van der Waals surface area contributed by atoms with Crippen molar-refractivity contribution in [3.63, 3.8) is 0 Å². The van der Waals surface area contributed by atoms with Crippen LogP contribution in [0, 0.1) is 11.6 Å². The van der Waals surface area contributed by atoms with Crippen molar-refractivity contribution in [2.75, 3.05) is 5.32 Å². The van der Waals surface area contributed by atoms with Gasteiger partial charge in [-0.05, 0) is 19.3 Å². The number of hydrogen-bond acceptors (Lipinski definition) is 3. The van der Waals surface area contributed by atoms with Crippen molar-refractivity contribution in [3.8, 4) is 0 Å². The SMILES string of the molecule is O=C(Nc1nc2cc(F)c(F)cc2[nH]1)c1n[nH]c2c1CCC2. The molecule has 1 aliphatic carbocycles. The molecule has 0 aliphatic heterocycles. The Bertz CT molecular complexity index is 859. The molecule has 0 unspecified atom stereocenters. The van der Waals surface area contributed by atoms with E-state index >= 15 is 0 Å². The fourth-order valence-electron chi connectivity index (χ4n) is 2.74. The minimum Gasteiger partial charge on any atom is -0.324 e. The Hall–Kier alpha value is -2.77. The van der Waals surface area contributed by atoms with Gasteiger partial charge in [-0.1, -0.05) is 0 Å². The smallest absolute Gasteiger partial charge is 0.278 e. The first-order chi connectivity index (χ1) is 10.6. The third kappa shape index (κ3) is 1.95. The number of carbonyl (C=O) groups is 1. The first-order valence-electron chi connectivity index (χ1n) is 6.84. The molecule has 1 aliphatic rings. The van der Waals surface area contributed by atoms with Gasteiger partial charge in [0.15, 0.2) is 17.3 Å². The normalized spacial score (nSPS) is 13.5. The molecule has 0 bridgehead atoms. The molecule has 0 saturated carbocycles. The predicted octanol–water partition coefficient (Wildman–Crippen LogP) is 2.31. The number of benzene rings is 1. The summed E-state index contributed by atoms with van der Waals surface area (Å²) in [5, 5.41) is 9.44. The van der Waals surface area contributed by atoms with Gasteiger partial charge in [-0.25, -0.2) is 13.8 Å². The minimum atomic E-state index is -0.984. The highest BCUT2D eigenvalue weighted by Gasteiger charge is 2.23. The van der Waals surface area contributed by atoms with Crippen molar-refractivity contribution in [1.29, 1.82) is 0 Å². The molecular weight excluding hydrogens is 292 g/mol. The number of H-pyrrole nitrogens is 2. The fourth-order valence-corrected chi connectivity index (χ4v) is 2.74.